The Bertz CT molecular complexity index is 1110. The average molecular weight is 423 g/mol. The molecule has 0 radical (unpaired) electrons. The highest BCUT2D eigenvalue weighted by atomic mass is 16.5. The molecule has 1 heterocycles. The summed E-state index contributed by atoms with van der Waals surface area (Å²) in [7, 11) is 3.44. The number of hydrogen-bond donors (Lipinski definition) is 0. The zero-order chi connectivity index (χ0) is 21.9. The monoisotopic (exact) mass is 422 g/mol. The second-order valence-corrected chi connectivity index (χ2v) is 7.83. The van der Waals surface area contributed by atoms with Crippen molar-refractivity contribution in [3.05, 3.63) is 108 Å². The molecule has 0 unspecified atom stereocenters. The van der Waals surface area contributed by atoms with Gasteiger partial charge in [0.2, 0.25) is 0 Å². The second-order valence-electron chi connectivity index (χ2n) is 7.83. The van der Waals surface area contributed by atoms with Gasteiger partial charge in [0.1, 0.15) is 11.5 Å². The fourth-order valence-corrected chi connectivity index (χ4v) is 4.35. The van der Waals surface area contributed by atoms with Crippen molar-refractivity contribution in [3.63, 3.8) is 0 Å². The van der Waals surface area contributed by atoms with Crippen molar-refractivity contribution < 1.29 is 9.47 Å². The molecule has 0 saturated carbocycles. The molecule has 0 aromatic heterocycles. The van der Waals surface area contributed by atoms with Crippen molar-refractivity contribution in [2.45, 2.75) is 13.1 Å². The summed E-state index contributed by atoms with van der Waals surface area (Å²) < 4.78 is 11.2. The molecule has 0 atom stereocenters. The highest BCUT2D eigenvalue weighted by Crippen LogP contribution is 2.41. The van der Waals surface area contributed by atoms with E-state index in [1.54, 1.807) is 14.2 Å². The highest BCUT2D eigenvalue weighted by molar-refractivity contribution is 5.75. The van der Waals surface area contributed by atoms with Crippen LogP contribution in [0, 0.1) is 0 Å². The average Bonchev–Trinajstić information content (AvgIpc) is 2.86. The first-order valence-electron chi connectivity index (χ1n) is 10.8. The van der Waals surface area contributed by atoms with E-state index in [0.29, 0.717) is 0 Å². The molecule has 0 saturated heterocycles. The van der Waals surface area contributed by atoms with Gasteiger partial charge in [0.25, 0.3) is 0 Å². The molecule has 1 aliphatic heterocycles. The number of hydrogen-bond acceptors (Lipinski definition) is 4. The van der Waals surface area contributed by atoms with E-state index in [1.165, 1.54) is 22.5 Å². The quantitative estimate of drug-likeness (QED) is 0.366. The van der Waals surface area contributed by atoms with E-state index in [1.807, 2.05) is 12.1 Å². The van der Waals surface area contributed by atoms with E-state index in [2.05, 4.69) is 94.7 Å². The van der Waals surface area contributed by atoms with Crippen molar-refractivity contribution in [1.82, 2.24) is 0 Å². The molecular formula is C28H26N2O2. The number of methoxy groups -OCH3 is 2. The van der Waals surface area contributed by atoms with Gasteiger partial charge in [-0.3, -0.25) is 0 Å². The molecule has 32 heavy (non-hydrogen) atoms. The van der Waals surface area contributed by atoms with Gasteiger partial charge in [-0.25, -0.2) is 0 Å². The number of para-hydroxylation sites is 2. The highest BCUT2D eigenvalue weighted by Gasteiger charge is 2.24. The Labute approximate surface area is 189 Å². The Hall–Kier alpha value is -3.92. The van der Waals surface area contributed by atoms with Gasteiger partial charge < -0.3 is 19.3 Å². The van der Waals surface area contributed by atoms with Gasteiger partial charge >= 0.3 is 0 Å². The molecular weight excluding hydrogens is 396 g/mol. The SMILES string of the molecule is COc1ccc2c(c1)CN(c1ccccc1)c1ccc(OC)cc1CN2c1ccccc1. The van der Waals surface area contributed by atoms with E-state index < -0.39 is 0 Å². The van der Waals surface area contributed by atoms with E-state index >= 15 is 0 Å². The van der Waals surface area contributed by atoms with Crippen LogP contribution in [0.1, 0.15) is 11.1 Å². The summed E-state index contributed by atoms with van der Waals surface area (Å²) in [5.41, 5.74) is 7.07. The number of nitrogens with zero attached hydrogens (tertiary/aromatic N) is 2. The molecule has 4 aromatic rings. The topological polar surface area (TPSA) is 24.9 Å². The van der Waals surface area contributed by atoms with Crippen LogP contribution in [0.4, 0.5) is 22.7 Å². The first-order chi connectivity index (χ1) is 15.8. The van der Waals surface area contributed by atoms with Gasteiger partial charge in [-0.15, -0.1) is 0 Å². The lowest BCUT2D eigenvalue weighted by atomic mass is 10.0. The smallest absolute Gasteiger partial charge is 0.119 e. The Balaban J connectivity index is 1.73. The third kappa shape index (κ3) is 3.76. The van der Waals surface area contributed by atoms with Gasteiger partial charge in [-0.05, 0) is 71.8 Å². The zero-order valence-corrected chi connectivity index (χ0v) is 18.4. The predicted molar refractivity (Wildman–Crippen MR) is 131 cm³/mol. The third-order valence-electron chi connectivity index (χ3n) is 5.95. The number of benzene rings is 4. The van der Waals surface area contributed by atoms with Crippen LogP contribution in [-0.4, -0.2) is 14.2 Å². The van der Waals surface area contributed by atoms with Crippen molar-refractivity contribution in [3.8, 4) is 11.5 Å². The van der Waals surface area contributed by atoms with Crippen LogP contribution < -0.4 is 19.3 Å². The fourth-order valence-electron chi connectivity index (χ4n) is 4.35. The molecule has 0 amide bonds. The maximum absolute atomic E-state index is 5.58. The Kier molecular flexibility index (Phi) is 5.42. The summed E-state index contributed by atoms with van der Waals surface area (Å²) in [6.07, 6.45) is 0. The fraction of sp³-hybridized carbons (Fsp3) is 0.143. The Morgan fingerprint density at radius 2 is 0.938 bits per heavy atom. The molecule has 4 heteroatoms. The Morgan fingerprint density at radius 1 is 0.531 bits per heavy atom. The third-order valence-corrected chi connectivity index (χ3v) is 5.95. The van der Waals surface area contributed by atoms with Crippen LogP contribution in [0.2, 0.25) is 0 Å². The Morgan fingerprint density at radius 3 is 1.31 bits per heavy atom. The minimum atomic E-state index is 0.721. The van der Waals surface area contributed by atoms with Crippen LogP contribution in [0.25, 0.3) is 0 Å². The molecule has 0 fully saturated rings. The normalized spacial score (nSPS) is 12.9. The van der Waals surface area contributed by atoms with Gasteiger partial charge in [0.05, 0.1) is 27.3 Å². The van der Waals surface area contributed by atoms with Crippen molar-refractivity contribution in [1.29, 1.82) is 0 Å². The van der Waals surface area contributed by atoms with Crippen LogP contribution in [0.5, 0.6) is 11.5 Å². The zero-order valence-electron chi connectivity index (χ0n) is 18.4. The van der Waals surface area contributed by atoms with Crippen LogP contribution >= 0.6 is 0 Å². The number of fused-ring (bicyclic) bond motifs is 2. The minimum absolute atomic E-state index is 0.721. The number of anilines is 4. The molecule has 4 aromatic carbocycles. The largest absolute Gasteiger partial charge is 0.497 e. The molecule has 160 valence electrons. The van der Waals surface area contributed by atoms with E-state index in [9.17, 15) is 0 Å². The predicted octanol–water partition coefficient (Wildman–Crippen LogP) is 6.69. The standard InChI is InChI=1S/C28H26N2O2/c1-31-25-13-15-27-21(17-25)19-29(23-9-5-3-6-10-23)28-16-14-26(32-2)18-22(28)20-30(27)24-11-7-4-8-12-24/h3-18H,19-20H2,1-2H3. The second kappa shape index (κ2) is 8.67. The van der Waals surface area contributed by atoms with Gasteiger partial charge in [0.15, 0.2) is 0 Å². The minimum Gasteiger partial charge on any atom is -0.497 e. The summed E-state index contributed by atoms with van der Waals surface area (Å²) in [5, 5.41) is 0. The molecule has 0 bridgehead atoms. The lowest BCUT2D eigenvalue weighted by Crippen LogP contribution is -2.27. The first-order valence-corrected chi connectivity index (χ1v) is 10.8. The first kappa shape index (κ1) is 20.0. The molecule has 4 nitrogen and oxygen atoms in total. The van der Waals surface area contributed by atoms with Crippen LogP contribution in [-0.2, 0) is 13.1 Å². The lowest BCUT2D eigenvalue weighted by molar-refractivity contribution is 0.414. The molecule has 0 spiro atoms. The molecule has 5 rings (SSSR count). The molecule has 0 aliphatic carbocycles. The van der Waals surface area contributed by atoms with E-state index in [0.717, 1.165) is 36.0 Å². The van der Waals surface area contributed by atoms with Gasteiger partial charge in [0, 0.05) is 22.7 Å². The lowest BCUT2D eigenvalue weighted by Gasteiger charge is -2.36. The summed E-state index contributed by atoms with van der Waals surface area (Å²) in [6.45, 7) is 1.44. The number of rotatable bonds is 4. The summed E-state index contributed by atoms with van der Waals surface area (Å²) in [5.74, 6) is 1.72. The summed E-state index contributed by atoms with van der Waals surface area (Å²) in [4.78, 5) is 4.74. The van der Waals surface area contributed by atoms with Gasteiger partial charge in [-0.2, -0.15) is 0 Å². The van der Waals surface area contributed by atoms with Crippen LogP contribution in [0.15, 0.2) is 97.1 Å². The van der Waals surface area contributed by atoms with Crippen molar-refractivity contribution >= 4 is 22.7 Å². The van der Waals surface area contributed by atoms with Crippen LogP contribution in [0.3, 0.4) is 0 Å². The van der Waals surface area contributed by atoms with Crippen molar-refractivity contribution in [2.24, 2.45) is 0 Å². The summed E-state index contributed by atoms with van der Waals surface area (Å²) >= 11 is 0. The number of ether oxygens (including phenoxy) is 2. The maximum atomic E-state index is 5.58. The molecule has 0 N–H and O–H groups in total. The molecule has 1 aliphatic rings. The maximum Gasteiger partial charge on any atom is 0.119 e. The van der Waals surface area contributed by atoms with E-state index in [4.69, 9.17) is 9.47 Å². The van der Waals surface area contributed by atoms with E-state index in [-0.39, 0.29) is 0 Å². The van der Waals surface area contributed by atoms with Gasteiger partial charge in [-0.1, -0.05) is 36.4 Å². The summed E-state index contributed by atoms with van der Waals surface area (Å²) in [6, 6.07) is 33.8. The van der Waals surface area contributed by atoms with Crippen molar-refractivity contribution in [2.75, 3.05) is 24.0 Å².